The first-order valence-corrected chi connectivity index (χ1v) is 5.90. The van der Waals surface area contributed by atoms with E-state index in [-0.39, 0.29) is 18.0 Å². The van der Waals surface area contributed by atoms with Crippen LogP contribution < -0.4 is 0 Å². The fraction of sp³-hybridized carbons (Fsp3) is 0.500. The summed E-state index contributed by atoms with van der Waals surface area (Å²) in [7, 11) is 0. The van der Waals surface area contributed by atoms with E-state index in [0.717, 1.165) is 25.7 Å². The highest BCUT2D eigenvalue weighted by Gasteiger charge is 2.36. The predicted molar refractivity (Wildman–Crippen MR) is 63.9 cm³/mol. The minimum atomic E-state index is -0.222. The number of hydrogen-bond acceptors (Lipinski definition) is 2. The van der Waals surface area contributed by atoms with Crippen molar-refractivity contribution in [2.45, 2.75) is 38.7 Å². The quantitative estimate of drug-likeness (QED) is 0.354. The number of fused-ring (bicyclic) bond motifs is 1. The van der Waals surface area contributed by atoms with E-state index < -0.39 is 0 Å². The number of carbonyl (C=O) groups is 1. The second-order valence-electron chi connectivity index (χ2n) is 4.60. The molecular weight excluding hydrogens is 200 g/mol. The van der Waals surface area contributed by atoms with E-state index >= 15 is 0 Å². The summed E-state index contributed by atoms with van der Waals surface area (Å²) < 4.78 is 5.30. The number of hydrogen-bond donors (Lipinski definition) is 0. The van der Waals surface area contributed by atoms with Crippen LogP contribution >= 0.6 is 0 Å². The van der Waals surface area contributed by atoms with Crippen LogP contribution in [0, 0.1) is 5.92 Å². The molecule has 2 rings (SSSR count). The molecular formula is C14H18O2. The fourth-order valence-electron chi connectivity index (χ4n) is 2.28. The normalized spacial score (nSPS) is 32.7. The average Bonchev–Trinajstić information content (AvgIpc) is 2.52. The molecule has 0 aromatic rings. The lowest BCUT2D eigenvalue weighted by Gasteiger charge is -2.15. The van der Waals surface area contributed by atoms with Gasteiger partial charge in [0, 0.05) is 11.5 Å². The van der Waals surface area contributed by atoms with Crippen LogP contribution in [0.15, 0.2) is 36.0 Å². The van der Waals surface area contributed by atoms with Gasteiger partial charge < -0.3 is 4.74 Å². The first kappa shape index (κ1) is 11.2. The first-order valence-electron chi connectivity index (χ1n) is 5.90. The van der Waals surface area contributed by atoms with E-state index in [9.17, 15) is 4.79 Å². The number of esters is 1. The van der Waals surface area contributed by atoms with Crippen molar-refractivity contribution in [2.24, 2.45) is 5.92 Å². The van der Waals surface area contributed by atoms with Crippen LogP contribution in [-0.2, 0) is 9.53 Å². The molecule has 1 aliphatic carbocycles. The Labute approximate surface area is 96.7 Å². The maximum absolute atomic E-state index is 11.4. The van der Waals surface area contributed by atoms with Crippen molar-refractivity contribution in [3.8, 4) is 0 Å². The summed E-state index contributed by atoms with van der Waals surface area (Å²) in [5.74, 6) is -0.0503. The smallest absolute Gasteiger partial charge is 0.334 e. The van der Waals surface area contributed by atoms with Crippen molar-refractivity contribution in [2.75, 3.05) is 0 Å². The second kappa shape index (κ2) is 4.69. The maximum Gasteiger partial charge on any atom is 0.334 e. The van der Waals surface area contributed by atoms with E-state index in [2.05, 4.69) is 25.7 Å². The monoisotopic (exact) mass is 218 g/mol. The molecule has 2 heteroatoms. The Bertz CT molecular complexity index is 363. The van der Waals surface area contributed by atoms with Gasteiger partial charge in [0.2, 0.25) is 0 Å². The highest BCUT2D eigenvalue weighted by molar-refractivity contribution is 5.91. The number of ether oxygens (including phenoxy) is 1. The van der Waals surface area contributed by atoms with E-state index in [4.69, 9.17) is 4.74 Å². The molecule has 86 valence electrons. The summed E-state index contributed by atoms with van der Waals surface area (Å²) in [4.78, 5) is 11.4. The van der Waals surface area contributed by atoms with Crippen LogP contribution in [0.25, 0.3) is 0 Å². The summed E-state index contributed by atoms with van der Waals surface area (Å²) in [6.45, 7) is 6.00. The molecule has 1 aliphatic heterocycles. The van der Waals surface area contributed by atoms with Gasteiger partial charge in [-0.3, -0.25) is 0 Å². The lowest BCUT2D eigenvalue weighted by atomic mass is 9.89. The van der Waals surface area contributed by atoms with Crippen LogP contribution in [-0.4, -0.2) is 12.1 Å². The Morgan fingerprint density at radius 2 is 2.25 bits per heavy atom. The van der Waals surface area contributed by atoms with Gasteiger partial charge in [0.05, 0.1) is 0 Å². The molecule has 2 nitrogen and oxygen atoms in total. The van der Waals surface area contributed by atoms with E-state index in [1.807, 2.05) is 6.08 Å². The molecule has 2 aliphatic rings. The van der Waals surface area contributed by atoms with Gasteiger partial charge in [0.25, 0.3) is 0 Å². The molecule has 2 atom stereocenters. The zero-order valence-corrected chi connectivity index (χ0v) is 9.74. The van der Waals surface area contributed by atoms with Crippen LogP contribution in [0.2, 0.25) is 0 Å². The minimum absolute atomic E-state index is 0.0779. The van der Waals surface area contributed by atoms with Crippen molar-refractivity contribution in [1.29, 1.82) is 0 Å². The maximum atomic E-state index is 11.4. The lowest BCUT2D eigenvalue weighted by molar-refractivity contribution is -0.137. The molecule has 0 radical (unpaired) electrons. The second-order valence-corrected chi connectivity index (χ2v) is 4.60. The molecule has 2 unspecified atom stereocenters. The topological polar surface area (TPSA) is 26.3 Å². The Balaban J connectivity index is 2.16. The largest absolute Gasteiger partial charge is 0.454 e. The van der Waals surface area contributed by atoms with E-state index in [1.165, 1.54) is 5.57 Å². The molecule has 0 bridgehead atoms. The molecule has 1 fully saturated rings. The molecule has 0 amide bonds. The molecule has 0 aromatic carbocycles. The van der Waals surface area contributed by atoms with Crippen LogP contribution in [0.4, 0.5) is 0 Å². The van der Waals surface area contributed by atoms with Gasteiger partial charge in [-0.25, -0.2) is 4.79 Å². The predicted octanol–water partition coefficient (Wildman–Crippen LogP) is 3.16. The van der Waals surface area contributed by atoms with Crippen LogP contribution in [0.1, 0.15) is 32.6 Å². The van der Waals surface area contributed by atoms with Crippen molar-refractivity contribution >= 4 is 5.97 Å². The van der Waals surface area contributed by atoms with Crippen molar-refractivity contribution in [3.05, 3.63) is 36.0 Å². The zero-order valence-electron chi connectivity index (χ0n) is 9.74. The van der Waals surface area contributed by atoms with Crippen molar-refractivity contribution in [3.63, 3.8) is 0 Å². The molecule has 0 spiro atoms. The number of allylic oxidation sites excluding steroid dienone is 3. The van der Waals surface area contributed by atoms with Gasteiger partial charge >= 0.3 is 5.97 Å². The minimum Gasteiger partial charge on any atom is -0.454 e. The third-order valence-corrected chi connectivity index (χ3v) is 3.35. The molecule has 1 saturated heterocycles. The van der Waals surface area contributed by atoms with Crippen molar-refractivity contribution in [1.82, 2.24) is 0 Å². The molecule has 1 heterocycles. The average molecular weight is 218 g/mol. The van der Waals surface area contributed by atoms with Crippen molar-refractivity contribution < 1.29 is 9.53 Å². The first-order chi connectivity index (χ1) is 7.68. The highest BCUT2D eigenvalue weighted by atomic mass is 16.5. The molecule has 16 heavy (non-hydrogen) atoms. The van der Waals surface area contributed by atoms with Gasteiger partial charge in [0.15, 0.2) is 0 Å². The summed E-state index contributed by atoms with van der Waals surface area (Å²) in [6.07, 6.45) is 10.4. The Hall–Kier alpha value is -1.31. The molecule has 0 N–H and O–H groups in total. The summed E-state index contributed by atoms with van der Waals surface area (Å²) >= 11 is 0. The SMILES string of the molecule is C=C1C(=O)OC2/C=C\CCC=C(C)CCC12. The highest BCUT2D eigenvalue weighted by Crippen LogP contribution is 2.32. The van der Waals surface area contributed by atoms with Gasteiger partial charge in [0.1, 0.15) is 6.10 Å². The molecule has 0 aromatic heterocycles. The Kier molecular flexibility index (Phi) is 3.28. The summed E-state index contributed by atoms with van der Waals surface area (Å²) in [5.41, 5.74) is 2.05. The third-order valence-electron chi connectivity index (χ3n) is 3.35. The third kappa shape index (κ3) is 2.26. The van der Waals surface area contributed by atoms with E-state index in [1.54, 1.807) is 0 Å². The fourth-order valence-corrected chi connectivity index (χ4v) is 2.28. The van der Waals surface area contributed by atoms with Crippen LogP contribution in [0.5, 0.6) is 0 Å². The lowest BCUT2D eigenvalue weighted by Crippen LogP contribution is -2.14. The zero-order chi connectivity index (χ0) is 11.5. The molecule has 0 saturated carbocycles. The van der Waals surface area contributed by atoms with Gasteiger partial charge in [-0.05, 0) is 38.7 Å². The van der Waals surface area contributed by atoms with Crippen LogP contribution in [0.3, 0.4) is 0 Å². The standard InChI is InChI=1S/C14H18O2/c1-10-6-4-3-5-7-13-12(9-8-10)11(2)14(15)16-13/h5-7,12-13H,2-4,8-9H2,1H3/b7-5-,10-6?. The van der Waals surface area contributed by atoms with Gasteiger partial charge in [-0.15, -0.1) is 0 Å². The Morgan fingerprint density at radius 1 is 1.44 bits per heavy atom. The Morgan fingerprint density at radius 3 is 3.06 bits per heavy atom. The summed E-state index contributed by atoms with van der Waals surface area (Å²) in [6, 6.07) is 0. The number of carbonyl (C=O) groups excluding carboxylic acids is 1. The number of rotatable bonds is 0. The van der Waals surface area contributed by atoms with E-state index in [0.29, 0.717) is 5.57 Å². The van der Waals surface area contributed by atoms with Gasteiger partial charge in [-0.2, -0.15) is 0 Å². The summed E-state index contributed by atoms with van der Waals surface area (Å²) in [5, 5.41) is 0. The van der Waals surface area contributed by atoms with Gasteiger partial charge in [-0.1, -0.05) is 24.3 Å².